The van der Waals surface area contributed by atoms with E-state index in [0.29, 0.717) is 13.2 Å². The van der Waals surface area contributed by atoms with Crippen molar-refractivity contribution in [3.8, 4) is 0 Å². The fourth-order valence-electron chi connectivity index (χ4n) is 1.49. The van der Waals surface area contributed by atoms with Crippen LogP contribution in [0, 0.1) is 0 Å². The molecule has 90 valence electrons. The van der Waals surface area contributed by atoms with Crippen LogP contribution in [0.2, 0.25) is 0 Å². The van der Waals surface area contributed by atoms with Crippen molar-refractivity contribution >= 4 is 0 Å². The summed E-state index contributed by atoms with van der Waals surface area (Å²) < 4.78 is 45.9. The van der Waals surface area contributed by atoms with E-state index in [0.717, 1.165) is 0 Å². The largest absolute Gasteiger partial charge is 0.396 e. The quantitative estimate of drug-likeness (QED) is 0.815. The maximum Gasteiger partial charge on any atom is 0.396 e. The molecule has 2 rings (SSSR count). The zero-order valence-electron chi connectivity index (χ0n) is 8.20. The number of nitrogens with zero attached hydrogens (tertiary/aromatic N) is 2. The minimum absolute atomic E-state index is 0.115. The molecule has 0 amide bonds. The molecule has 0 radical (unpaired) electrons. The Hall–Kier alpha value is -1.15. The fourth-order valence-corrected chi connectivity index (χ4v) is 1.49. The molecule has 0 aromatic carbocycles. The minimum atomic E-state index is -4.34. The van der Waals surface area contributed by atoms with Crippen LogP contribution in [0.4, 0.5) is 13.2 Å². The smallest absolute Gasteiger partial charge is 0.379 e. The first-order chi connectivity index (χ1) is 7.46. The molecule has 1 aliphatic rings. The van der Waals surface area contributed by atoms with Crippen molar-refractivity contribution in [1.82, 2.24) is 10.1 Å². The van der Waals surface area contributed by atoms with Crippen molar-refractivity contribution in [2.24, 2.45) is 5.73 Å². The maximum absolute atomic E-state index is 12.0. The number of hydrogen-bond acceptors (Lipinski definition) is 5. The molecule has 2 heterocycles. The molecule has 0 spiro atoms. The molecule has 0 aliphatic carbocycles. The molecular formula is C8H10F3N3O2. The molecule has 16 heavy (non-hydrogen) atoms. The average molecular weight is 237 g/mol. The van der Waals surface area contributed by atoms with Gasteiger partial charge in [0, 0.05) is 6.04 Å². The van der Waals surface area contributed by atoms with Gasteiger partial charge in [0.2, 0.25) is 5.89 Å². The van der Waals surface area contributed by atoms with Crippen LogP contribution in [0.15, 0.2) is 4.52 Å². The SMILES string of the molecule is NC1COCC1c1nc(CC(F)(F)F)no1. The second-order valence-electron chi connectivity index (χ2n) is 3.65. The highest BCUT2D eigenvalue weighted by molar-refractivity contribution is 5.02. The van der Waals surface area contributed by atoms with Crippen molar-refractivity contribution in [2.45, 2.75) is 24.6 Å². The van der Waals surface area contributed by atoms with E-state index < -0.39 is 12.6 Å². The molecule has 0 saturated carbocycles. The van der Waals surface area contributed by atoms with E-state index in [4.69, 9.17) is 15.0 Å². The number of rotatable bonds is 2. The highest BCUT2D eigenvalue weighted by Crippen LogP contribution is 2.25. The van der Waals surface area contributed by atoms with Crippen LogP contribution in [0.5, 0.6) is 0 Å². The molecule has 8 heteroatoms. The van der Waals surface area contributed by atoms with Gasteiger partial charge in [0.25, 0.3) is 0 Å². The molecule has 5 nitrogen and oxygen atoms in total. The summed E-state index contributed by atoms with van der Waals surface area (Å²) in [5.41, 5.74) is 5.67. The minimum Gasteiger partial charge on any atom is -0.379 e. The Morgan fingerprint density at radius 1 is 1.38 bits per heavy atom. The van der Waals surface area contributed by atoms with Gasteiger partial charge in [-0.25, -0.2) is 0 Å². The topological polar surface area (TPSA) is 74.2 Å². The Balaban J connectivity index is 2.07. The maximum atomic E-state index is 12.0. The molecule has 1 aromatic heterocycles. The summed E-state index contributed by atoms with van der Waals surface area (Å²) in [5.74, 6) is -0.569. The van der Waals surface area contributed by atoms with E-state index in [-0.39, 0.29) is 23.7 Å². The standard InChI is InChI=1S/C8H10F3N3O2/c9-8(10,11)1-6-13-7(16-14-6)4-2-15-3-5(4)12/h4-5H,1-3,12H2. The van der Waals surface area contributed by atoms with Crippen LogP contribution in [-0.4, -0.2) is 35.6 Å². The van der Waals surface area contributed by atoms with Gasteiger partial charge in [-0.2, -0.15) is 18.2 Å². The van der Waals surface area contributed by atoms with Crippen LogP contribution in [0.3, 0.4) is 0 Å². The lowest BCUT2D eigenvalue weighted by Gasteiger charge is -2.06. The molecule has 0 bridgehead atoms. The summed E-state index contributed by atoms with van der Waals surface area (Å²) >= 11 is 0. The summed E-state index contributed by atoms with van der Waals surface area (Å²) in [4.78, 5) is 3.67. The van der Waals surface area contributed by atoms with Crippen molar-refractivity contribution < 1.29 is 22.4 Å². The number of alkyl halides is 3. The molecule has 2 unspecified atom stereocenters. The van der Waals surface area contributed by atoms with Gasteiger partial charge in [0.1, 0.15) is 6.42 Å². The monoisotopic (exact) mass is 237 g/mol. The number of ether oxygens (including phenoxy) is 1. The Bertz CT molecular complexity index is 366. The highest BCUT2D eigenvalue weighted by Gasteiger charge is 2.34. The molecule has 1 aromatic rings. The van der Waals surface area contributed by atoms with Gasteiger partial charge < -0.3 is 15.0 Å². The van der Waals surface area contributed by atoms with Crippen LogP contribution in [-0.2, 0) is 11.2 Å². The summed E-state index contributed by atoms with van der Waals surface area (Å²) in [5, 5.41) is 3.26. The van der Waals surface area contributed by atoms with Crippen LogP contribution < -0.4 is 5.73 Å². The third kappa shape index (κ3) is 2.50. The van der Waals surface area contributed by atoms with E-state index >= 15 is 0 Å². The van der Waals surface area contributed by atoms with Crippen LogP contribution in [0.25, 0.3) is 0 Å². The van der Waals surface area contributed by atoms with Crippen molar-refractivity contribution in [2.75, 3.05) is 13.2 Å². The zero-order chi connectivity index (χ0) is 11.8. The third-order valence-electron chi connectivity index (χ3n) is 2.28. The van der Waals surface area contributed by atoms with Crippen LogP contribution >= 0.6 is 0 Å². The Morgan fingerprint density at radius 3 is 2.69 bits per heavy atom. The van der Waals surface area contributed by atoms with E-state index in [2.05, 4.69) is 10.1 Å². The third-order valence-corrected chi connectivity index (χ3v) is 2.28. The van der Waals surface area contributed by atoms with Gasteiger partial charge in [-0.1, -0.05) is 5.16 Å². The predicted molar refractivity (Wildman–Crippen MR) is 45.6 cm³/mol. The highest BCUT2D eigenvalue weighted by atomic mass is 19.4. The molecule has 1 aliphatic heterocycles. The first-order valence-electron chi connectivity index (χ1n) is 4.68. The second kappa shape index (κ2) is 4.02. The second-order valence-corrected chi connectivity index (χ2v) is 3.65. The normalized spacial score (nSPS) is 26.2. The fraction of sp³-hybridized carbons (Fsp3) is 0.750. The number of hydrogen-bond donors (Lipinski definition) is 1. The van der Waals surface area contributed by atoms with Gasteiger partial charge >= 0.3 is 6.18 Å². The van der Waals surface area contributed by atoms with Gasteiger partial charge in [-0.3, -0.25) is 0 Å². The average Bonchev–Trinajstić information content (AvgIpc) is 2.71. The zero-order valence-corrected chi connectivity index (χ0v) is 8.20. The summed E-state index contributed by atoms with van der Waals surface area (Å²) in [6.45, 7) is 0.649. The first kappa shape index (κ1) is 11.3. The van der Waals surface area contributed by atoms with Gasteiger partial charge in [0.15, 0.2) is 5.82 Å². The summed E-state index contributed by atoms with van der Waals surface area (Å²) in [6.07, 6.45) is -5.53. The van der Waals surface area contributed by atoms with E-state index in [1.54, 1.807) is 0 Å². The van der Waals surface area contributed by atoms with E-state index in [9.17, 15) is 13.2 Å². The van der Waals surface area contributed by atoms with Crippen molar-refractivity contribution in [3.63, 3.8) is 0 Å². The molecular weight excluding hydrogens is 227 g/mol. The summed E-state index contributed by atoms with van der Waals surface area (Å²) in [7, 11) is 0. The lowest BCUT2D eigenvalue weighted by atomic mass is 10.1. The molecule has 1 fully saturated rings. The molecule has 2 atom stereocenters. The number of nitrogens with two attached hydrogens (primary N) is 1. The predicted octanol–water partition coefficient (Wildman–Crippen LogP) is 0.615. The number of halogens is 3. The summed E-state index contributed by atoms with van der Waals surface area (Å²) in [6, 6.07) is -0.306. The lowest BCUT2D eigenvalue weighted by molar-refractivity contribution is -0.128. The van der Waals surface area contributed by atoms with Crippen molar-refractivity contribution in [3.05, 3.63) is 11.7 Å². The Kier molecular flexibility index (Phi) is 2.85. The first-order valence-corrected chi connectivity index (χ1v) is 4.68. The Labute approximate surface area is 88.8 Å². The van der Waals surface area contributed by atoms with E-state index in [1.807, 2.05) is 0 Å². The van der Waals surface area contributed by atoms with Gasteiger partial charge in [-0.05, 0) is 0 Å². The Morgan fingerprint density at radius 2 is 2.12 bits per heavy atom. The number of aromatic nitrogens is 2. The van der Waals surface area contributed by atoms with Gasteiger partial charge in [0.05, 0.1) is 19.1 Å². The molecule has 1 saturated heterocycles. The molecule has 2 N–H and O–H groups in total. The van der Waals surface area contributed by atoms with Gasteiger partial charge in [-0.15, -0.1) is 0 Å². The van der Waals surface area contributed by atoms with Crippen molar-refractivity contribution in [1.29, 1.82) is 0 Å². The lowest BCUT2D eigenvalue weighted by Crippen LogP contribution is -2.27. The van der Waals surface area contributed by atoms with E-state index in [1.165, 1.54) is 0 Å². The van der Waals surface area contributed by atoms with Crippen LogP contribution in [0.1, 0.15) is 17.6 Å².